The summed E-state index contributed by atoms with van der Waals surface area (Å²) in [5.41, 5.74) is 1.74. The smallest absolute Gasteiger partial charge is 0.287 e. The third-order valence-corrected chi connectivity index (χ3v) is 6.91. The SMILES string of the molecule is O=C(NCc1ccc(S(=O)(=O)c2cnc3ccc(Cl)cn23)cc1)c1cc2ccncc2o1. The molecule has 1 aromatic carbocycles. The zero-order valence-electron chi connectivity index (χ0n) is 16.4. The fourth-order valence-corrected chi connectivity index (χ4v) is 4.80. The van der Waals surface area contributed by atoms with Crippen LogP contribution in [0.4, 0.5) is 0 Å². The van der Waals surface area contributed by atoms with Crippen LogP contribution in [0.2, 0.25) is 5.02 Å². The van der Waals surface area contributed by atoms with Crippen molar-refractivity contribution in [3.05, 3.63) is 89.7 Å². The molecule has 4 aromatic heterocycles. The predicted molar refractivity (Wildman–Crippen MR) is 117 cm³/mol. The molecule has 0 bridgehead atoms. The maximum atomic E-state index is 13.1. The second-order valence-corrected chi connectivity index (χ2v) is 9.36. The minimum absolute atomic E-state index is 0.0235. The Kier molecular flexibility index (Phi) is 4.91. The number of hydrogen-bond acceptors (Lipinski definition) is 6. The topological polar surface area (TPSA) is 107 Å². The molecule has 8 nitrogen and oxygen atoms in total. The van der Waals surface area contributed by atoms with Gasteiger partial charge in [0.25, 0.3) is 5.91 Å². The third kappa shape index (κ3) is 3.61. The van der Waals surface area contributed by atoms with Crippen LogP contribution in [0.5, 0.6) is 0 Å². The number of fused-ring (bicyclic) bond motifs is 2. The molecule has 5 rings (SSSR count). The number of pyridine rings is 2. The highest BCUT2D eigenvalue weighted by Gasteiger charge is 2.22. The number of imidazole rings is 1. The van der Waals surface area contributed by atoms with E-state index in [2.05, 4.69) is 15.3 Å². The van der Waals surface area contributed by atoms with Crippen LogP contribution in [0, 0.1) is 0 Å². The van der Waals surface area contributed by atoms with Crippen molar-refractivity contribution in [3.8, 4) is 0 Å². The quantitative estimate of drug-likeness (QED) is 0.421. The fraction of sp³-hybridized carbons (Fsp3) is 0.0455. The summed E-state index contributed by atoms with van der Waals surface area (Å²) in [6, 6.07) is 13.0. The lowest BCUT2D eigenvalue weighted by atomic mass is 10.2. The molecule has 0 saturated carbocycles. The second kappa shape index (κ2) is 7.77. The summed E-state index contributed by atoms with van der Waals surface area (Å²) < 4.78 is 33.1. The van der Waals surface area contributed by atoms with E-state index in [9.17, 15) is 13.2 Å². The summed E-state index contributed by atoms with van der Waals surface area (Å²) in [5, 5.41) is 3.97. The molecular weight excluding hydrogens is 452 g/mol. The average Bonchev–Trinajstić information content (AvgIpc) is 3.42. The number of hydrogen-bond donors (Lipinski definition) is 1. The van der Waals surface area contributed by atoms with Crippen LogP contribution in [0.25, 0.3) is 16.6 Å². The van der Waals surface area contributed by atoms with Gasteiger partial charge in [-0.25, -0.2) is 13.4 Å². The van der Waals surface area contributed by atoms with Crippen LogP contribution in [-0.2, 0) is 16.4 Å². The first-order chi connectivity index (χ1) is 15.4. The molecular formula is C22H15ClN4O4S. The van der Waals surface area contributed by atoms with Crippen molar-refractivity contribution in [1.29, 1.82) is 0 Å². The van der Waals surface area contributed by atoms with Crippen LogP contribution in [-0.4, -0.2) is 28.7 Å². The molecule has 0 saturated heterocycles. The van der Waals surface area contributed by atoms with Crippen molar-refractivity contribution in [2.75, 3.05) is 0 Å². The van der Waals surface area contributed by atoms with Gasteiger partial charge in [-0.05, 0) is 42.0 Å². The van der Waals surface area contributed by atoms with Gasteiger partial charge in [0.1, 0.15) is 5.65 Å². The van der Waals surface area contributed by atoms with Crippen LogP contribution in [0.1, 0.15) is 16.1 Å². The Hall–Kier alpha value is -3.69. The minimum atomic E-state index is -3.81. The lowest BCUT2D eigenvalue weighted by Crippen LogP contribution is -2.22. The summed E-state index contributed by atoms with van der Waals surface area (Å²) in [7, 11) is -3.81. The highest BCUT2D eigenvalue weighted by molar-refractivity contribution is 7.91. The molecule has 32 heavy (non-hydrogen) atoms. The summed E-state index contributed by atoms with van der Waals surface area (Å²) >= 11 is 6.00. The molecule has 5 aromatic rings. The van der Waals surface area contributed by atoms with Crippen molar-refractivity contribution in [1.82, 2.24) is 19.7 Å². The fourth-order valence-electron chi connectivity index (χ4n) is 3.30. The second-order valence-electron chi connectivity index (χ2n) is 7.03. The van der Waals surface area contributed by atoms with Gasteiger partial charge in [-0.1, -0.05) is 23.7 Å². The largest absolute Gasteiger partial charge is 0.449 e. The van der Waals surface area contributed by atoms with Gasteiger partial charge >= 0.3 is 0 Å². The van der Waals surface area contributed by atoms with Gasteiger partial charge < -0.3 is 9.73 Å². The average molecular weight is 467 g/mol. The molecule has 0 radical (unpaired) electrons. The van der Waals surface area contributed by atoms with Crippen molar-refractivity contribution in [3.63, 3.8) is 0 Å². The first-order valence-electron chi connectivity index (χ1n) is 9.50. The van der Waals surface area contributed by atoms with E-state index in [0.717, 1.165) is 10.9 Å². The summed E-state index contributed by atoms with van der Waals surface area (Å²) in [6.45, 7) is 0.208. The molecule has 0 aliphatic carbocycles. The number of nitrogens with one attached hydrogen (secondary N) is 1. The first kappa shape index (κ1) is 20.2. The monoisotopic (exact) mass is 466 g/mol. The number of amides is 1. The van der Waals surface area contributed by atoms with E-state index in [0.29, 0.717) is 16.3 Å². The maximum absolute atomic E-state index is 13.1. The van der Waals surface area contributed by atoms with Gasteiger partial charge in [0.15, 0.2) is 16.4 Å². The van der Waals surface area contributed by atoms with E-state index in [1.165, 1.54) is 28.9 Å². The molecule has 0 spiro atoms. The van der Waals surface area contributed by atoms with E-state index >= 15 is 0 Å². The lowest BCUT2D eigenvalue weighted by molar-refractivity contribution is 0.0925. The zero-order chi connectivity index (χ0) is 22.3. The number of aromatic nitrogens is 3. The minimum Gasteiger partial charge on any atom is -0.449 e. The predicted octanol–water partition coefficient (Wildman–Crippen LogP) is 3.89. The molecule has 1 amide bonds. The van der Waals surface area contributed by atoms with Crippen molar-refractivity contribution in [2.24, 2.45) is 0 Å². The molecule has 0 aliphatic heterocycles. The van der Waals surface area contributed by atoms with Gasteiger partial charge in [-0.3, -0.25) is 14.2 Å². The number of nitrogens with zero attached hydrogens (tertiary/aromatic N) is 3. The Morgan fingerprint density at radius 3 is 2.69 bits per heavy atom. The van der Waals surface area contributed by atoms with Gasteiger partial charge in [-0.2, -0.15) is 0 Å². The standard InChI is InChI=1S/C22H15ClN4O4S/c23-16-3-6-20-25-12-21(27(20)13-16)32(29,30)17-4-1-14(2-5-17)10-26-22(28)18-9-15-7-8-24-11-19(15)31-18/h1-9,11-13H,10H2,(H,26,28). The van der Waals surface area contributed by atoms with E-state index in [1.807, 2.05) is 0 Å². The molecule has 0 fully saturated rings. The van der Waals surface area contributed by atoms with Gasteiger partial charge in [0, 0.05) is 24.3 Å². The van der Waals surface area contributed by atoms with Crippen LogP contribution in [0.15, 0.2) is 87.7 Å². The molecule has 4 heterocycles. The van der Waals surface area contributed by atoms with Crippen molar-refractivity contribution < 1.29 is 17.6 Å². The number of furan rings is 1. The Bertz CT molecular complexity index is 1540. The number of carbonyl (C=O) groups excluding carboxylic acids is 1. The van der Waals surface area contributed by atoms with Gasteiger partial charge in [0.05, 0.1) is 22.3 Å². The summed E-state index contributed by atoms with van der Waals surface area (Å²) in [4.78, 5) is 20.6. The highest BCUT2D eigenvalue weighted by atomic mass is 35.5. The van der Waals surface area contributed by atoms with Crippen molar-refractivity contribution >= 4 is 44.0 Å². The Morgan fingerprint density at radius 1 is 1.09 bits per heavy atom. The first-order valence-corrected chi connectivity index (χ1v) is 11.4. The molecule has 0 aliphatic rings. The number of sulfone groups is 1. The number of rotatable bonds is 5. The van der Waals surface area contributed by atoms with Crippen LogP contribution < -0.4 is 5.32 Å². The van der Waals surface area contributed by atoms with E-state index < -0.39 is 9.84 Å². The van der Waals surface area contributed by atoms with E-state index in [1.54, 1.807) is 48.8 Å². The summed E-state index contributed by atoms with van der Waals surface area (Å²) in [6.07, 6.45) is 5.98. The number of halogens is 1. The van der Waals surface area contributed by atoms with Gasteiger partial charge in [-0.15, -0.1) is 0 Å². The van der Waals surface area contributed by atoms with Crippen molar-refractivity contribution in [2.45, 2.75) is 16.5 Å². The number of carbonyl (C=O) groups is 1. The molecule has 0 unspecified atom stereocenters. The van der Waals surface area contributed by atoms with E-state index in [-0.39, 0.29) is 28.1 Å². The molecule has 0 atom stereocenters. The highest BCUT2D eigenvalue weighted by Crippen LogP contribution is 2.24. The summed E-state index contributed by atoms with van der Waals surface area (Å²) in [5.74, 6) is -0.195. The number of benzene rings is 1. The van der Waals surface area contributed by atoms with E-state index in [4.69, 9.17) is 16.0 Å². The molecule has 10 heteroatoms. The van der Waals surface area contributed by atoms with Crippen LogP contribution in [0.3, 0.4) is 0 Å². The molecule has 1 N–H and O–H groups in total. The zero-order valence-corrected chi connectivity index (χ0v) is 18.0. The Morgan fingerprint density at radius 2 is 1.91 bits per heavy atom. The Labute approximate surface area is 187 Å². The normalized spacial score (nSPS) is 11.8. The third-order valence-electron chi connectivity index (χ3n) is 4.94. The lowest BCUT2D eigenvalue weighted by Gasteiger charge is -2.07. The molecule has 160 valence electrons. The van der Waals surface area contributed by atoms with Gasteiger partial charge in [0.2, 0.25) is 9.84 Å². The van der Waals surface area contributed by atoms with Crippen LogP contribution >= 0.6 is 11.6 Å². The Balaban J connectivity index is 1.33. The maximum Gasteiger partial charge on any atom is 0.287 e.